The minimum Gasteiger partial charge on any atom is -0.236 e. The molecule has 2 nitrogen and oxygen atoms in total. The van der Waals surface area contributed by atoms with Crippen molar-refractivity contribution in [1.29, 1.82) is 0 Å². The molecule has 0 saturated heterocycles. The molecule has 0 bridgehead atoms. The second kappa shape index (κ2) is 4.21. The maximum absolute atomic E-state index is 12.2. The standard InChI is InChI=1S/C11H14F2N2/c1-7(4-8-2-3-8)9-5-14-11(10(12)13)15-6-9/h5-8,10H,2-4H2,1H3. The Morgan fingerprint density at radius 2 is 1.93 bits per heavy atom. The van der Waals surface area contributed by atoms with Gasteiger partial charge in [0.2, 0.25) is 0 Å². The molecule has 0 radical (unpaired) electrons. The van der Waals surface area contributed by atoms with E-state index in [1.165, 1.54) is 25.2 Å². The van der Waals surface area contributed by atoms with Crippen LogP contribution in [0.1, 0.15) is 49.9 Å². The van der Waals surface area contributed by atoms with E-state index < -0.39 is 6.43 Å². The second-order valence-corrected chi connectivity index (χ2v) is 4.26. The molecule has 1 saturated carbocycles. The van der Waals surface area contributed by atoms with Gasteiger partial charge in [-0.25, -0.2) is 18.7 Å². The van der Waals surface area contributed by atoms with Gasteiger partial charge in [-0.05, 0) is 23.8 Å². The van der Waals surface area contributed by atoms with Crippen LogP contribution < -0.4 is 0 Å². The number of nitrogens with zero attached hydrogens (tertiary/aromatic N) is 2. The van der Waals surface area contributed by atoms with E-state index in [4.69, 9.17) is 0 Å². The van der Waals surface area contributed by atoms with E-state index in [0.29, 0.717) is 5.92 Å². The summed E-state index contributed by atoms with van der Waals surface area (Å²) in [5.74, 6) is 0.830. The second-order valence-electron chi connectivity index (χ2n) is 4.26. The molecule has 1 atom stereocenters. The van der Waals surface area contributed by atoms with Crippen molar-refractivity contribution in [3.63, 3.8) is 0 Å². The first-order valence-electron chi connectivity index (χ1n) is 5.27. The first kappa shape index (κ1) is 10.5. The van der Waals surface area contributed by atoms with E-state index in [1.807, 2.05) is 0 Å². The molecule has 0 aromatic carbocycles. The van der Waals surface area contributed by atoms with Crippen LogP contribution in [-0.2, 0) is 0 Å². The largest absolute Gasteiger partial charge is 0.297 e. The molecule has 1 aromatic heterocycles. The Kier molecular flexibility index (Phi) is 2.93. The zero-order valence-corrected chi connectivity index (χ0v) is 8.66. The number of hydrogen-bond donors (Lipinski definition) is 0. The number of halogens is 2. The van der Waals surface area contributed by atoms with Gasteiger partial charge in [0.15, 0.2) is 5.82 Å². The van der Waals surface area contributed by atoms with Crippen LogP contribution in [0.4, 0.5) is 8.78 Å². The monoisotopic (exact) mass is 212 g/mol. The quantitative estimate of drug-likeness (QED) is 0.765. The summed E-state index contributed by atoms with van der Waals surface area (Å²) >= 11 is 0. The van der Waals surface area contributed by atoms with Crippen LogP contribution in [0, 0.1) is 5.92 Å². The molecule has 4 heteroatoms. The number of rotatable bonds is 4. The normalized spacial score (nSPS) is 18.1. The number of hydrogen-bond acceptors (Lipinski definition) is 2. The molecule has 0 amide bonds. The van der Waals surface area contributed by atoms with Crippen molar-refractivity contribution in [2.45, 2.75) is 38.5 Å². The van der Waals surface area contributed by atoms with E-state index in [0.717, 1.165) is 17.9 Å². The molecule has 2 rings (SSSR count). The zero-order chi connectivity index (χ0) is 10.8. The van der Waals surface area contributed by atoms with E-state index >= 15 is 0 Å². The lowest BCUT2D eigenvalue weighted by Crippen LogP contribution is -2.00. The summed E-state index contributed by atoms with van der Waals surface area (Å²) in [6.07, 6.45) is 4.22. The van der Waals surface area contributed by atoms with Crippen molar-refractivity contribution >= 4 is 0 Å². The Hall–Kier alpha value is -1.06. The topological polar surface area (TPSA) is 25.8 Å². The van der Waals surface area contributed by atoms with Gasteiger partial charge in [-0.15, -0.1) is 0 Å². The Bertz CT molecular complexity index is 320. The molecule has 1 aliphatic carbocycles. The van der Waals surface area contributed by atoms with E-state index in [-0.39, 0.29) is 5.82 Å². The summed E-state index contributed by atoms with van der Waals surface area (Å²) in [6, 6.07) is 0. The van der Waals surface area contributed by atoms with Crippen molar-refractivity contribution in [2.24, 2.45) is 5.92 Å². The molecule has 15 heavy (non-hydrogen) atoms. The minimum absolute atomic E-state index is 0.377. The summed E-state index contributed by atoms with van der Waals surface area (Å²) in [5, 5.41) is 0. The highest BCUT2D eigenvalue weighted by Crippen LogP contribution is 2.38. The van der Waals surface area contributed by atoms with Gasteiger partial charge in [-0.1, -0.05) is 19.8 Å². The Balaban J connectivity index is 2.01. The van der Waals surface area contributed by atoms with Gasteiger partial charge in [-0.3, -0.25) is 0 Å². The molecule has 1 unspecified atom stereocenters. The predicted octanol–water partition coefficient (Wildman–Crippen LogP) is 3.32. The molecule has 1 heterocycles. The maximum Gasteiger partial charge on any atom is 0.297 e. The van der Waals surface area contributed by atoms with Crippen LogP contribution >= 0.6 is 0 Å². The smallest absolute Gasteiger partial charge is 0.236 e. The summed E-state index contributed by atoms with van der Waals surface area (Å²) in [5.41, 5.74) is 0.964. The summed E-state index contributed by atoms with van der Waals surface area (Å²) in [4.78, 5) is 7.33. The lowest BCUT2D eigenvalue weighted by Gasteiger charge is -2.10. The first-order valence-corrected chi connectivity index (χ1v) is 5.27. The predicted molar refractivity (Wildman–Crippen MR) is 52.7 cm³/mol. The first-order chi connectivity index (χ1) is 7.16. The molecule has 1 aliphatic rings. The van der Waals surface area contributed by atoms with Gasteiger partial charge in [0.25, 0.3) is 6.43 Å². The van der Waals surface area contributed by atoms with Crippen LogP contribution in [-0.4, -0.2) is 9.97 Å². The molecule has 0 N–H and O–H groups in total. The number of aromatic nitrogens is 2. The fourth-order valence-corrected chi connectivity index (χ4v) is 1.70. The molecule has 0 aliphatic heterocycles. The third kappa shape index (κ3) is 2.70. The highest BCUT2D eigenvalue weighted by atomic mass is 19.3. The lowest BCUT2D eigenvalue weighted by atomic mass is 9.98. The SMILES string of the molecule is CC(CC1CC1)c1cnc(C(F)F)nc1. The van der Waals surface area contributed by atoms with Gasteiger partial charge in [-0.2, -0.15) is 0 Å². The molecular weight excluding hydrogens is 198 g/mol. The van der Waals surface area contributed by atoms with Crippen LogP contribution in [0.15, 0.2) is 12.4 Å². The zero-order valence-electron chi connectivity index (χ0n) is 8.66. The van der Waals surface area contributed by atoms with E-state index in [9.17, 15) is 8.78 Å². The average Bonchev–Trinajstić information content (AvgIpc) is 3.02. The average molecular weight is 212 g/mol. The Labute approximate surface area is 87.8 Å². The van der Waals surface area contributed by atoms with Crippen LogP contribution in [0.2, 0.25) is 0 Å². The number of alkyl halides is 2. The van der Waals surface area contributed by atoms with Crippen molar-refractivity contribution in [3.8, 4) is 0 Å². The molecule has 82 valence electrons. The Morgan fingerprint density at radius 3 is 2.40 bits per heavy atom. The van der Waals surface area contributed by atoms with Gasteiger partial charge < -0.3 is 0 Å². The highest BCUT2D eigenvalue weighted by Gasteiger charge is 2.24. The molecule has 1 aromatic rings. The maximum atomic E-state index is 12.2. The third-order valence-electron chi connectivity index (χ3n) is 2.84. The van der Waals surface area contributed by atoms with Crippen molar-refractivity contribution in [3.05, 3.63) is 23.8 Å². The van der Waals surface area contributed by atoms with E-state index in [1.54, 1.807) is 0 Å². The van der Waals surface area contributed by atoms with Crippen LogP contribution in [0.25, 0.3) is 0 Å². The summed E-state index contributed by atoms with van der Waals surface area (Å²) < 4.78 is 24.4. The fraction of sp³-hybridized carbons (Fsp3) is 0.636. The van der Waals surface area contributed by atoms with Gasteiger partial charge in [0.1, 0.15) is 0 Å². The van der Waals surface area contributed by atoms with Gasteiger partial charge in [0.05, 0.1) is 0 Å². The van der Waals surface area contributed by atoms with E-state index in [2.05, 4.69) is 16.9 Å². The third-order valence-corrected chi connectivity index (χ3v) is 2.84. The van der Waals surface area contributed by atoms with Gasteiger partial charge in [0, 0.05) is 12.4 Å². The molecule has 1 fully saturated rings. The van der Waals surface area contributed by atoms with Crippen molar-refractivity contribution in [2.75, 3.05) is 0 Å². The summed E-state index contributed by atoms with van der Waals surface area (Å²) in [7, 11) is 0. The van der Waals surface area contributed by atoms with Crippen LogP contribution in [0.3, 0.4) is 0 Å². The van der Waals surface area contributed by atoms with Crippen molar-refractivity contribution in [1.82, 2.24) is 9.97 Å². The van der Waals surface area contributed by atoms with Crippen molar-refractivity contribution < 1.29 is 8.78 Å². The highest BCUT2D eigenvalue weighted by molar-refractivity contribution is 5.11. The molecule has 0 spiro atoms. The lowest BCUT2D eigenvalue weighted by molar-refractivity contribution is 0.140. The minimum atomic E-state index is -2.57. The summed E-state index contributed by atoms with van der Waals surface area (Å²) in [6.45, 7) is 2.10. The molecular formula is C11H14F2N2. The van der Waals surface area contributed by atoms with Crippen LogP contribution in [0.5, 0.6) is 0 Å². The fourth-order valence-electron chi connectivity index (χ4n) is 1.70. The van der Waals surface area contributed by atoms with Gasteiger partial charge >= 0.3 is 0 Å². The Morgan fingerprint density at radius 1 is 1.33 bits per heavy atom.